The molecule has 2 fully saturated rings. The van der Waals surface area contributed by atoms with Crippen LogP contribution in [-0.4, -0.2) is 48.9 Å². The summed E-state index contributed by atoms with van der Waals surface area (Å²) in [7, 11) is 0. The molecule has 1 aliphatic heterocycles. The van der Waals surface area contributed by atoms with Crippen molar-refractivity contribution in [2.75, 3.05) is 31.1 Å². The molecule has 0 spiro atoms. The molecule has 5 heteroatoms. The van der Waals surface area contributed by atoms with Gasteiger partial charge in [-0.2, -0.15) is 0 Å². The summed E-state index contributed by atoms with van der Waals surface area (Å²) in [6.45, 7) is 5.17. The maximum absolute atomic E-state index is 12.9. The zero-order valence-electron chi connectivity index (χ0n) is 17.1. The van der Waals surface area contributed by atoms with Crippen LogP contribution in [-0.2, 0) is 0 Å². The standard InChI is InChI=1S/C24H29N3O2/c1-18-5-4-8-22(17-18)26-13-15-27(16-14-26)24(29)20-11-9-19(10-12-20)23(28)25-21-6-2-3-7-21/h4-5,8-12,17,21H,2-3,6-7,13-16H2,1H3,(H,25,28). The molecule has 1 heterocycles. The van der Waals surface area contributed by atoms with Gasteiger partial charge in [-0.1, -0.05) is 25.0 Å². The van der Waals surface area contributed by atoms with E-state index >= 15 is 0 Å². The van der Waals surface area contributed by atoms with E-state index < -0.39 is 0 Å². The van der Waals surface area contributed by atoms with E-state index in [0.717, 1.165) is 25.9 Å². The van der Waals surface area contributed by atoms with Crippen molar-refractivity contribution in [2.24, 2.45) is 0 Å². The monoisotopic (exact) mass is 391 g/mol. The number of carbonyl (C=O) groups is 2. The molecule has 0 aromatic heterocycles. The second-order valence-corrected chi connectivity index (χ2v) is 8.15. The maximum Gasteiger partial charge on any atom is 0.253 e. The molecule has 1 saturated carbocycles. The molecular formula is C24H29N3O2. The zero-order chi connectivity index (χ0) is 20.2. The molecule has 1 saturated heterocycles. The van der Waals surface area contributed by atoms with Crippen LogP contribution in [0.15, 0.2) is 48.5 Å². The Kier molecular flexibility index (Phi) is 5.84. The van der Waals surface area contributed by atoms with Gasteiger partial charge in [0.2, 0.25) is 0 Å². The summed E-state index contributed by atoms with van der Waals surface area (Å²) in [6.07, 6.45) is 4.51. The molecule has 2 aromatic rings. The van der Waals surface area contributed by atoms with Crippen molar-refractivity contribution in [3.8, 4) is 0 Å². The molecule has 0 radical (unpaired) electrons. The first-order valence-corrected chi connectivity index (χ1v) is 10.6. The van der Waals surface area contributed by atoms with Gasteiger partial charge in [-0.05, 0) is 61.7 Å². The third-order valence-corrected chi connectivity index (χ3v) is 6.02. The Morgan fingerprint density at radius 3 is 2.21 bits per heavy atom. The molecule has 0 atom stereocenters. The van der Waals surface area contributed by atoms with Gasteiger partial charge < -0.3 is 15.1 Å². The van der Waals surface area contributed by atoms with Crippen molar-refractivity contribution in [3.63, 3.8) is 0 Å². The highest BCUT2D eigenvalue weighted by Crippen LogP contribution is 2.20. The summed E-state index contributed by atoms with van der Waals surface area (Å²) >= 11 is 0. The normalized spacial score (nSPS) is 17.4. The number of amides is 2. The molecule has 152 valence electrons. The number of rotatable bonds is 4. The number of piperazine rings is 1. The maximum atomic E-state index is 12.9. The largest absolute Gasteiger partial charge is 0.368 e. The Morgan fingerprint density at radius 2 is 1.55 bits per heavy atom. The van der Waals surface area contributed by atoms with Gasteiger partial charge in [-0.3, -0.25) is 9.59 Å². The van der Waals surface area contributed by atoms with Crippen LogP contribution < -0.4 is 10.2 Å². The molecule has 2 amide bonds. The average Bonchev–Trinajstić information content (AvgIpc) is 3.26. The second-order valence-electron chi connectivity index (χ2n) is 8.15. The van der Waals surface area contributed by atoms with Crippen molar-refractivity contribution in [3.05, 3.63) is 65.2 Å². The van der Waals surface area contributed by atoms with Crippen LogP contribution in [0.4, 0.5) is 5.69 Å². The van der Waals surface area contributed by atoms with Gasteiger partial charge in [0.05, 0.1) is 0 Å². The molecule has 5 nitrogen and oxygen atoms in total. The fraction of sp³-hybridized carbons (Fsp3) is 0.417. The van der Waals surface area contributed by atoms with Gasteiger partial charge >= 0.3 is 0 Å². The molecule has 0 bridgehead atoms. The number of hydrogen-bond donors (Lipinski definition) is 1. The summed E-state index contributed by atoms with van der Waals surface area (Å²) < 4.78 is 0. The number of hydrogen-bond acceptors (Lipinski definition) is 3. The summed E-state index contributed by atoms with van der Waals surface area (Å²) in [5.41, 5.74) is 3.73. The summed E-state index contributed by atoms with van der Waals surface area (Å²) in [4.78, 5) is 29.5. The van der Waals surface area contributed by atoms with Crippen LogP contribution in [0.2, 0.25) is 0 Å². The lowest BCUT2D eigenvalue weighted by Crippen LogP contribution is -2.48. The van der Waals surface area contributed by atoms with E-state index in [0.29, 0.717) is 30.3 Å². The van der Waals surface area contributed by atoms with Gasteiger partial charge in [0, 0.05) is 49.0 Å². The Labute approximate surface area is 172 Å². The highest BCUT2D eigenvalue weighted by molar-refractivity contribution is 5.98. The number of benzene rings is 2. The molecule has 29 heavy (non-hydrogen) atoms. The SMILES string of the molecule is Cc1cccc(N2CCN(C(=O)c3ccc(C(=O)NC4CCCC4)cc3)CC2)c1. The minimum atomic E-state index is -0.0392. The lowest BCUT2D eigenvalue weighted by Gasteiger charge is -2.36. The Bertz CT molecular complexity index is 864. The molecule has 2 aromatic carbocycles. The Hall–Kier alpha value is -2.82. The fourth-order valence-corrected chi connectivity index (χ4v) is 4.28. The molecule has 1 aliphatic carbocycles. The van der Waals surface area contributed by atoms with Crippen LogP contribution in [0.3, 0.4) is 0 Å². The van der Waals surface area contributed by atoms with Crippen LogP contribution in [0.5, 0.6) is 0 Å². The van der Waals surface area contributed by atoms with E-state index in [4.69, 9.17) is 0 Å². The lowest BCUT2D eigenvalue weighted by atomic mass is 10.1. The van der Waals surface area contributed by atoms with Crippen LogP contribution >= 0.6 is 0 Å². The van der Waals surface area contributed by atoms with E-state index in [-0.39, 0.29) is 11.8 Å². The second kappa shape index (κ2) is 8.68. The topological polar surface area (TPSA) is 52.7 Å². The predicted molar refractivity (Wildman–Crippen MR) is 115 cm³/mol. The van der Waals surface area contributed by atoms with Crippen LogP contribution in [0.25, 0.3) is 0 Å². The van der Waals surface area contributed by atoms with Crippen molar-refractivity contribution < 1.29 is 9.59 Å². The smallest absolute Gasteiger partial charge is 0.253 e. The minimum Gasteiger partial charge on any atom is -0.368 e. The van der Waals surface area contributed by atoms with Gasteiger partial charge in [0.25, 0.3) is 11.8 Å². The average molecular weight is 392 g/mol. The first-order valence-electron chi connectivity index (χ1n) is 10.6. The van der Waals surface area contributed by atoms with Crippen molar-refractivity contribution in [1.29, 1.82) is 0 Å². The quantitative estimate of drug-likeness (QED) is 0.866. The number of aryl methyl sites for hydroxylation is 1. The van der Waals surface area contributed by atoms with Crippen molar-refractivity contribution in [1.82, 2.24) is 10.2 Å². The number of anilines is 1. The highest BCUT2D eigenvalue weighted by atomic mass is 16.2. The number of carbonyl (C=O) groups excluding carboxylic acids is 2. The Morgan fingerprint density at radius 1 is 0.897 bits per heavy atom. The van der Waals surface area contributed by atoms with Gasteiger partial charge in [-0.25, -0.2) is 0 Å². The van der Waals surface area contributed by atoms with Gasteiger partial charge in [0.15, 0.2) is 0 Å². The molecule has 0 unspecified atom stereocenters. The third-order valence-electron chi connectivity index (χ3n) is 6.02. The Balaban J connectivity index is 1.33. The predicted octanol–water partition coefficient (Wildman–Crippen LogP) is 3.63. The number of nitrogens with zero attached hydrogens (tertiary/aromatic N) is 2. The van der Waals surface area contributed by atoms with Gasteiger partial charge in [0.1, 0.15) is 0 Å². The van der Waals surface area contributed by atoms with E-state index in [9.17, 15) is 9.59 Å². The van der Waals surface area contributed by atoms with E-state index in [2.05, 4.69) is 41.4 Å². The molecule has 2 aliphatic rings. The van der Waals surface area contributed by atoms with E-state index in [1.807, 2.05) is 4.90 Å². The lowest BCUT2D eigenvalue weighted by molar-refractivity contribution is 0.0746. The van der Waals surface area contributed by atoms with E-state index in [1.54, 1.807) is 24.3 Å². The van der Waals surface area contributed by atoms with Crippen LogP contribution in [0.1, 0.15) is 52.0 Å². The van der Waals surface area contributed by atoms with Crippen LogP contribution in [0, 0.1) is 6.92 Å². The highest BCUT2D eigenvalue weighted by Gasteiger charge is 2.23. The summed E-state index contributed by atoms with van der Waals surface area (Å²) in [5, 5.41) is 3.09. The zero-order valence-corrected chi connectivity index (χ0v) is 17.1. The summed E-state index contributed by atoms with van der Waals surface area (Å²) in [5.74, 6) is -0.000638. The molecule has 4 rings (SSSR count). The first-order chi connectivity index (χ1) is 14.1. The first kappa shape index (κ1) is 19.5. The minimum absolute atomic E-state index is 0.0386. The van der Waals surface area contributed by atoms with Crippen molar-refractivity contribution >= 4 is 17.5 Å². The fourth-order valence-electron chi connectivity index (χ4n) is 4.28. The van der Waals surface area contributed by atoms with Crippen molar-refractivity contribution in [2.45, 2.75) is 38.6 Å². The van der Waals surface area contributed by atoms with Gasteiger partial charge in [-0.15, -0.1) is 0 Å². The molecular weight excluding hydrogens is 362 g/mol. The number of nitrogens with one attached hydrogen (secondary N) is 1. The third kappa shape index (κ3) is 4.61. The van der Waals surface area contributed by atoms with E-state index in [1.165, 1.54) is 24.1 Å². The molecule has 1 N–H and O–H groups in total. The summed E-state index contributed by atoms with van der Waals surface area (Å²) in [6, 6.07) is 15.9.